The van der Waals surface area contributed by atoms with E-state index in [4.69, 9.17) is 0 Å². The molecule has 6 heteroatoms. The lowest BCUT2D eigenvalue weighted by atomic mass is 10.1. The molecule has 0 atom stereocenters. The molecule has 0 saturated heterocycles. The van der Waals surface area contributed by atoms with E-state index in [0.717, 1.165) is 22.7 Å². The van der Waals surface area contributed by atoms with Gasteiger partial charge in [0.15, 0.2) is 0 Å². The largest absolute Gasteiger partial charge is 0.276 e. The number of benzene rings is 2. The maximum atomic E-state index is 14.6. The summed E-state index contributed by atoms with van der Waals surface area (Å²) in [7, 11) is 0. The molecule has 0 spiro atoms. The molecule has 0 fully saturated rings. The van der Waals surface area contributed by atoms with Crippen molar-refractivity contribution in [3.05, 3.63) is 84.7 Å². The molecule has 2 aromatic carbocycles. The minimum atomic E-state index is -0.638. The van der Waals surface area contributed by atoms with Crippen LogP contribution >= 0.6 is 0 Å². The molecule has 130 valence electrons. The lowest BCUT2D eigenvalue weighted by Gasteiger charge is -2.10. The van der Waals surface area contributed by atoms with Gasteiger partial charge in [-0.2, -0.15) is 0 Å². The summed E-state index contributed by atoms with van der Waals surface area (Å²) < 4.78 is 29.8. The number of fused-ring (bicyclic) bond motifs is 3. The molecule has 0 aliphatic rings. The minimum Gasteiger partial charge on any atom is -0.276 e. The Hall–Kier alpha value is -3.67. The van der Waals surface area contributed by atoms with Crippen molar-refractivity contribution in [2.24, 2.45) is 0 Å². The van der Waals surface area contributed by atoms with Crippen LogP contribution in [-0.4, -0.2) is 19.4 Å². The Kier molecular flexibility index (Phi) is 3.43. The van der Waals surface area contributed by atoms with E-state index in [2.05, 4.69) is 15.0 Å². The van der Waals surface area contributed by atoms with Gasteiger partial charge in [-0.1, -0.05) is 12.1 Å². The van der Waals surface area contributed by atoms with E-state index in [1.807, 2.05) is 36.4 Å². The van der Waals surface area contributed by atoms with Gasteiger partial charge in [0.2, 0.25) is 5.78 Å². The SMILES string of the molecule is Fc1ccc(-c2cc(-c3ccncc3)nc3nc4ccccc4n23)c(F)c1. The quantitative estimate of drug-likeness (QED) is 0.451. The van der Waals surface area contributed by atoms with E-state index < -0.39 is 11.6 Å². The first-order valence-corrected chi connectivity index (χ1v) is 8.35. The minimum absolute atomic E-state index is 0.280. The Bertz CT molecular complexity index is 1300. The van der Waals surface area contributed by atoms with Crippen molar-refractivity contribution in [3.63, 3.8) is 0 Å². The second-order valence-electron chi connectivity index (χ2n) is 6.12. The van der Waals surface area contributed by atoms with E-state index in [0.29, 0.717) is 17.2 Å². The van der Waals surface area contributed by atoms with Gasteiger partial charge >= 0.3 is 0 Å². The molecule has 5 rings (SSSR count). The number of hydrogen-bond acceptors (Lipinski definition) is 3. The van der Waals surface area contributed by atoms with Gasteiger partial charge in [-0.05, 0) is 42.5 Å². The van der Waals surface area contributed by atoms with Crippen LogP contribution in [0.25, 0.3) is 39.3 Å². The Morgan fingerprint density at radius 1 is 0.815 bits per heavy atom. The molecule has 3 heterocycles. The maximum absolute atomic E-state index is 14.6. The van der Waals surface area contributed by atoms with Crippen LogP contribution in [0.3, 0.4) is 0 Å². The number of pyridine rings is 1. The molecular weight excluding hydrogens is 346 g/mol. The summed E-state index contributed by atoms with van der Waals surface area (Å²) in [5.74, 6) is -0.809. The van der Waals surface area contributed by atoms with Gasteiger partial charge < -0.3 is 0 Å². The number of aromatic nitrogens is 4. The van der Waals surface area contributed by atoms with Gasteiger partial charge in [-0.3, -0.25) is 9.38 Å². The zero-order chi connectivity index (χ0) is 18.4. The summed E-state index contributed by atoms with van der Waals surface area (Å²) in [4.78, 5) is 13.2. The molecule has 0 bridgehead atoms. The van der Waals surface area contributed by atoms with Crippen LogP contribution in [0.1, 0.15) is 0 Å². The summed E-state index contributed by atoms with van der Waals surface area (Å²) in [6, 6.07) is 16.5. The van der Waals surface area contributed by atoms with Crippen molar-refractivity contribution < 1.29 is 8.78 Å². The third kappa shape index (κ3) is 2.54. The molecule has 0 aliphatic carbocycles. The molecular formula is C21H12F2N4. The van der Waals surface area contributed by atoms with Gasteiger partial charge in [0.05, 0.1) is 22.4 Å². The zero-order valence-corrected chi connectivity index (χ0v) is 14.0. The molecule has 27 heavy (non-hydrogen) atoms. The highest BCUT2D eigenvalue weighted by Crippen LogP contribution is 2.30. The zero-order valence-electron chi connectivity index (χ0n) is 14.0. The topological polar surface area (TPSA) is 43.1 Å². The van der Waals surface area contributed by atoms with Crippen molar-refractivity contribution in [2.75, 3.05) is 0 Å². The number of rotatable bonds is 2. The lowest BCUT2D eigenvalue weighted by Crippen LogP contribution is -1.99. The fraction of sp³-hybridized carbons (Fsp3) is 0. The van der Waals surface area contributed by atoms with Gasteiger partial charge in [-0.15, -0.1) is 0 Å². The van der Waals surface area contributed by atoms with Gasteiger partial charge in [-0.25, -0.2) is 18.7 Å². The average molecular weight is 358 g/mol. The van der Waals surface area contributed by atoms with Crippen LogP contribution < -0.4 is 0 Å². The van der Waals surface area contributed by atoms with Crippen LogP contribution in [0.4, 0.5) is 8.78 Å². The molecule has 0 saturated carbocycles. The molecule has 5 aromatic rings. The Morgan fingerprint density at radius 3 is 2.44 bits per heavy atom. The standard InChI is InChI=1S/C21H12F2N4/c22-14-5-6-15(16(23)11-14)20-12-18(13-7-9-24-10-8-13)26-21-25-17-3-1-2-4-19(17)27(20)21/h1-12H. The maximum Gasteiger partial charge on any atom is 0.235 e. The van der Waals surface area contributed by atoms with Gasteiger partial charge in [0.1, 0.15) is 11.6 Å². The van der Waals surface area contributed by atoms with E-state index >= 15 is 0 Å². The summed E-state index contributed by atoms with van der Waals surface area (Å²) in [5.41, 5.74) is 3.86. The first kappa shape index (κ1) is 15.6. The van der Waals surface area contributed by atoms with E-state index in [-0.39, 0.29) is 5.56 Å². The molecule has 0 amide bonds. The average Bonchev–Trinajstić information content (AvgIpc) is 3.07. The molecule has 4 nitrogen and oxygen atoms in total. The van der Waals surface area contributed by atoms with E-state index in [1.165, 1.54) is 12.1 Å². The second kappa shape index (κ2) is 5.95. The van der Waals surface area contributed by atoms with Crippen molar-refractivity contribution >= 4 is 16.8 Å². The Balaban J connectivity index is 1.90. The van der Waals surface area contributed by atoms with Crippen LogP contribution in [-0.2, 0) is 0 Å². The van der Waals surface area contributed by atoms with Gasteiger partial charge in [0.25, 0.3) is 0 Å². The van der Waals surface area contributed by atoms with Crippen molar-refractivity contribution in [2.45, 2.75) is 0 Å². The number of imidazole rings is 1. The third-order valence-electron chi connectivity index (χ3n) is 4.46. The summed E-state index contributed by atoms with van der Waals surface area (Å²) in [6.07, 6.45) is 3.34. The predicted molar refractivity (Wildman–Crippen MR) is 99.1 cm³/mol. The summed E-state index contributed by atoms with van der Waals surface area (Å²) in [6.45, 7) is 0. The van der Waals surface area contributed by atoms with Crippen molar-refractivity contribution in [1.29, 1.82) is 0 Å². The van der Waals surface area contributed by atoms with Gasteiger partial charge in [0, 0.05) is 29.6 Å². The first-order chi connectivity index (χ1) is 13.2. The summed E-state index contributed by atoms with van der Waals surface area (Å²) >= 11 is 0. The predicted octanol–water partition coefficient (Wildman–Crippen LogP) is 4.89. The smallest absolute Gasteiger partial charge is 0.235 e. The molecule has 0 aliphatic heterocycles. The molecule has 0 unspecified atom stereocenters. The second-order valence-corrected chi connectivity index (χ2v) is 6.12. The third-order valence-corrected chi connectivity index (χ3v) is 4.46. The lowest BCUT2D eigenvalue weighted by molar-refractivity contribution is 0.585. The fourth-order valence-electron chi connectivity index (χ4n) is 3.23. The first-order valence-electron chi connectivity index (χ1n) is 8.35. The normalized spacial score (nSPS) is 11.3. The fourth-order valence-corrected chi connectivity index (χ4v) is 3.23. The number of halogens is 2. The van der Waals surface area contributed by atoms with Crippen LogP contribution in [0, 0.1) is 11.6 Å². The molecule has 3 aromatic heterocycles. The highest BCUT2D eigenvalue weighted by Gasteiger charge is 2.16. The molecule has 0 N–H and O–H groups in total. The van der Waals surface area contributed by atoms with Crippen LogP contribution in [0.5, 0.6) is 0 Å². The highest BCUT2D eigenvalue weighted by atomic mass is 19.1. The summed E-state index contributed by atoms with van der Waals surface area (Å²) in [5, 5.41) is 0. The van der Waals surface area contributed by atoms with E-state index in [1.54, 1.807) is 22.9 Å². The van der Waals surface area contributed by atoms with E-state index in [9.17, 15) is 8.78 Å². The number of nitrogens with zero attached hydrogens (tertiary/aromatic N) is 4. The van der Waals surface area contributed by atoms with Crippen molar-refractivity contribution in [1.82, 2.24) is 19.4 Å². The Morgan fingerprint density at radius 2 is 1.63 bits per heavy atom. The number of hydrogen-bond donors (Lipinski definition) is 0. The molecule has 0 radical (unpaired) electrons. The van der Waals surface area contributed by atoms with Crippen LogP contribution in [0.2, 0.25) is 0 Å². The van der Waals surface area contributed by atoms with Crippen molar-refractivity contribution in [3.8, 4) is 22.5 Å². The number of para-hydroxylation sites is 2. The highest BCUT2D eigenvalue weighted by molar-refractivity contribution is 5.84. The van der Waals surface area contributed by atoms with Crippen LogP contribution in [0.15, 0.2) is 73.1 Å². The monoisotopic (exact) mass is 358 g/mol. The Labute approximate surface area is 152 Å².